The Morgan fingerprint density at radius 1 is 0.917 bits per heavy atom. The van der Waals surface area contributed by atoms with E-state index in [9.17, 15) is 8.42 Å². The molecule has 6 nitrogen and oxygen atoms in total. The zero-order valence-corrected chi connectivity index (χ0v) is 13.7. The highest BCUT2D eigenvalue weighted by atomic mass is 32.2. The summed E-state index contributed by atoms with van der Waals surface area (Å²) in [4.78, 5) is 0.326. The minimum atomic E-state index is -3.42. The molecule has 24 heavy (non-hydrogen) atoms. The maximum Gasteiger partial charge on any atom is 0.243 e. The second-order valence-electron chi connectivity index (χ2n) is 5.74. The first-order chi connectivity index (χ1) is 11.6. The standard InChI is InChI=1S/C17H16N4O2S/c22-24(23,16-9-5-2-6-10-16)20-11-15(12-20)21-13-17(18-19-21)14-7-3-1-4-8-14/h1-10,13,15H,11-12H2. The van der Waals surface area contributed by atoms with Crippen LogP contribution in [0.3, 0.4) is 0 Å². The van der Waals surface area contributed by atoms with Gasteiger partial charge in [-0.3, -0.25) is 0 Å². The number of rotatable bonds is 4. The molecular weight excluding hydrogens is 324 g/mol. The van der Waals surface area contributed by atoms with E-state index in [1.807, 2.05) is 36.5 Å². The molecular formula is C17H16N4O2S. The summed E-state index contributed by atoms with van der Waals surface area (Å²) in [6, 6.07) is 18.3. The lowest BCUT2D eigenvalue weighted by Gasteiger charge is -2.37. The summed E-state index contributed by atoms with van der Waals surface area (Å²) in [5.74, 6) is 0. The molecule has 4 rings (SSSR count). The van der Waals surface area contributed by atoms with Crippen LogP contribution in [0.2, 0.25) is 0 Å². The molecule has 1 fully saturated rings. The molecule has 0 aliphatic carbocycles. The van der Waals surface area contributed by atoms with Gasteiger partial charge in [-0.25, -0.2) is 13.1 Å². The average molecular weight is 340 g/mol. The van der Waals surface area contributed by atoms with Gasteiger partial charge in [-0.2, -0.15) is 4.31 Å². The molecule has 0 N–H and O–H groups in total. The van der Waals surface area contributed by atoms with Gasteiger partial charge in [0.05, 0.1) is 17.1 Å². The molecule has 0 saturated carbocycles. The first kappa shape index (κ1) is 15.0. The number of benzene rings is 2. The van der Waals surface area contributed by atoms with E-state index in [2.05, 4.69) is 10.3 Å². The van der Waals surface area contributed by atoms with Crippen molar-refractivity contribution in [3.63, 3.8) is 0 Å². The molecule has 0 atom stereocenters. The van der Waals surface area contributed by atoms with Crippen LogP contribution in [0.5, 0.6) is 0 Å². The van der Waals surface area contributed by atoms with Crippen LogP contribution < -0.4 is 0 Å². The fourth-order valence-corrected chi connectivity index (χ4v) is 4.25. The number of nitrogens with zero attached hydrogens (tertiary/aromatic N) is 4. The molecule has 0 spiro atoms. The van der Waals surface area contributed by atoms with Crippen molar-refractivity contribution in [2.45, 2.75) is 10.9 Å². The third kappa shape index (κ3) is 2.61. The second-order valence-corrected chi connectivity index (χ2v) is 7.68. The van der Waals surface area contributed by atoms with Crippen molar-refractivity contribution in [1.29, 1.82) is 0 Å². The summed E-state index contributed by atoms with van der Waals surface area (Å²) in [5, 5.41) is 8.33. The Labute approximate surface area is 140 Å². The Morgan fingerprint density at radius 3 is 2.21 bits per heavy atom. The summed E-state index contributed by atoms with van der Waals surface area (Å²) in [6.45, 7) is 0.823. The predicted octanol–water partition coefficient (Wildman–Crippen LogP) is 2.19. The quantitative estimate of drug-likeness (QED) is 0.730. The van der Waals surface area contributed by atoms with Crippen LogP contribution in [-0.4, -0.2) is 40.8 Å². The number of aromatic nitrogens is 3. The summed E-state index contributed by atoms with van der Waals surface area (Å²) in [5.41, 5.74) is 1.79. The van der Waals surface area contributed by atoms with Gasteiger partial charge in [0.1, 0.15) is 5.69 Å². The Balaban J connectivity index is 1.48. The van der Waals surface area contributed by atoms with Gasteiger partial charge < -0.3 is 0 Å². The van der Waals surface area contributed by atoms with Crippen molar-refractivity contribution in [1.82, 2.24) is 19.3 Å². The van der Waals surface area contributed by atoms with Gasteiger partial charge in [0, 0.05) is 18.7 Å². The van der Waals surface area contributed by atoms with Crippen molar-refractivity contribution < 1.29 is 8.42 Å². The molecule has 3 aromatic rings. The highest BCUT2D eigenvalue weighted by Gasteiger charge is 2.38. The molecule has 1 aliphatic rings. The maximum absolute atomic E-state index is 12.5. The summed E-state index contributed by atoms with van der Waals surface area (Å²) < 4.78 is 28.2. The molecule has 0 amide bonds. The highest BCUT2D eigenvalue weighted by molar-refractivity contribution is 7.89. The van der Waals surface area contributed by atoms with Crippen molar-refractivity contribution >= 4 is 10.0 Å². The van der Waals surface area contributed by atoms with Crippen molar-refractivity contribution in [3.8, 4) is 11.3 Å². The molecule has 0 bridgehead atoms. The first-order valence-corrected chi connectivity index (χ1v) is 9.11. The van der Waals surface area contributed by atoms with Gasteiger partial charge in [-0.05, 0) is 12.1 Å². The smallest absolute Gasteiger partial charge is 0.243 e. The van der Waals surface area contributed by atoms with E-state index >= 15 is 0 Å². The van der Waals surface area contributed by atoms with Crippen LogP contribution >= 0.6 is 0 Å². The number of sulfonamides is 1. The van der Waals surface area contributed by atoms with Crippen LogP contribution in [0.1, 0.15) is 6.04 Å². The summed E-state index contributed by atoms with van der Waals surface area (Å²) in [7, 11) is -3.42. The minimum Gasteiger partial charge on any atom is -0.246 e. The summed E-state index contributed by atoms with van der Waals surface area (Å²) in [6.07, 6.45) is 1.87. The molecule has 1 aromatic heterocycles. The van der Waals surface area contributed by atoms with Gasteiger partial charge in [0.25, 0.3) is 0 Å². The third-order valence-electron chi connectivity index (χ3n) is 4.16. The van der Waals surface area contributed by atoms with E-state index < -0.39 is 10.0 Å². The maximum atomic E-state index is 12.5. The van der Waals surface area contributed by atoms with E-state index in [1.165, 1.54) is 4.31 Å². The zero-order chi connectivity index (χ0) is 16.6. The lowest BCUT2D eigenvalue weighted by atomic mass is 10.1. The molecule has 0 radical (unpaired) electrons. The van der Waals surface area contributed by atoms with Crippen molar-refractivity contribution in [2.75, 3.05) is 13.1 Å². The molecule has 2 heterocycles. The van der Waals surface area contributed by atoms with Gasteiger partial charge in [-0.15, -0.1) is 5.10 Å². The second kappa shape index (κ2) is 5.85. The lowest BCUT2D eigenvalue weighted by molar-refractivity contribution is 0.189. The SMILES string of the molecule is O=S(=O)(c1ccccc1)N1CC(n2cc(-c3ccccc3)nn2)C1. The summed E-state index contributed by atoms with van der Waals surface area (Å²) >= 11 is 0. The van der Waals surface area contributed by atoms with Crippen molar-refractivity contribution in [3.05, 3.63) is 66.9 Å². The lowest BCUT2D eigenvalue weighted by Crippen LogP contribution is -2.50. The minimum absolute atomic E-state index is 0.0217. The molecule has 2 aromatic carbocycles. The largest absolute Gasteiger partial charge is 0.246 e. The van der Waals surface area contributed by atoms with Gasteiger partial charge in [0.2, 0.25) is 10.0 Å². The Bertz CT molecular complexity index is 933. The first-order valence-electron chi connectivity index (χ1n) is 7.67. The van der Waals surface area contributed by atoms with E-state index in [1.54, 1.807) is 35.0 Å². The molecule has 1 saturated heterocycles. The van der Waals surface area contributed by atoms with Crippen LogP contribution in [0.15, 0.2) is 71.8 Å². The van der Waals surface area contributed by atoms with Crippen LogP contribution in [0.4, 0.5) is 0 Å². The van der Waals surface area contributed by atoms with Gasteiger partial charge >= 0.3 is 0 Å². The average Bonchev–Trinajstić information content (AvgIpc) is 3.04. The number of hydrogen-bond acceptors (Lipinski definition) is 4. The molecule has 122 valence electrons. The Hall–Kier alpha value is -2.51. The van der Waals surface area contributed by atoms with E-state index in [0.29, 0.717) is 18.0 Å². The highest BCUT2D eigenvalue weighted by Crippen LogP contribution is 2.28. The Kier molecular flexibility index (Phi) is 3.66. The topological polar surface area (TPSA) is 68.1 Å². The van der Waals surface area contributed by atoms with E-state index in [-0.39, 0.29) is 6.04 Å². The third-order valence-corrected chi connectivity index (χ3v) is 6.01. The van der Waals surface area contributed by atoms with E-state index in [0.717, 1.165) is 11.3 Å². The van der Waals surface area contributed by atoms with Crippen LogP contribution in [-0.2, 0) is 10.0 Å². The Morgan fingerprint density at radius 2 is 1.54 bits per heavy atom. The van der Waals surface area contributed by atoms with Crippen LogP contribution in [0.25, 0.3) is 11.3 Å². The van der Waals surface area contributed by atoms with E-state index in [4.69, 9.17) is 0 Å². The molecule has 0 unspecified atom stereocenters. The number of hydrogen-bond donors (Lipinski definition) is 0. The van der Waals surface area contributed by atoms with Crippen LogP contribution in [0, 0.1) is 0 Å². The molecule has 1 aliphatic heterocycles. The monoisotopic (exact) mass is 340 g/mol. The molecule has 7 heteroatoms. The predicted molar refractivity (Wildman–Crippen MR) is 89.7 cm³/mol. The van der Waals surface area contributed by atoms with Crippen molar-refractivity contribution in [2.24, 2.45) is 0 Å². The zero-order valence-electron chi connectivity index (χ0n) is 12.9. The van der Waals surface area contributed by atoms with Gasteiger partial charge in [0.15, 0.2) is 0 Å². The fraction of sp³-hybridized carbons (Fsp3) is 0.176. The van der Waals surface area contributed by atoms with Gasteiger partial charge in [-0.1, -0.05) is 53.7 Å². The fourth-order valence-electron chi connectivity index (χ4n) is 2.72. The normalized spacial score (nSPS) is 16.0.